The molecule has 3 aliphatic rings. The van der Waals surface area contributed by atoms with Gasteiger partial charge in [-0.25, -0.2) is 23.1 Å². The summed E-state index contributed by atoms with van der Waals surface area (Å²) in [4.78, 5) is 37.4. The molecule has 1 saturated carbocycles. The van der Waals surface area contributed by atoms with Crippen LogP contribution in [0.3, 0.4) is 0 Å². The Morgan fingerprint density at radius 1 is 0.980 bits per heavy atom. The molecule has 262 valence electrons. The van der Waals surface area contributed by atoms with Crippen LogP contribution in [0.15, 0.2) is 65.8 Å². The van der Waals surface area contributed by atoms with Gasteiger partial charge >= 0.3 is 0 Å². The van der Waals surface area contributed by atoms with Crippen molar-refractivity contribution in [2.75, 3.05) is 22.8 Å². The van der Waals surface area contributed by atoms with E-state index in [0.717, 1.165) is 61.2 Å². The summed E-state index contributed by atoms with van der Waals surface area (Å²) < 4.78 is 36.6. The van der Waals surface area contributed by atoms with Crippen LogP contribution in [0, 0.1) is 19.3 Å². The number of hydrogen-bond donors (Lipinski definition) is 1. The molecular weight excluding hydrogens is 651 g/mol. The number of aromatic nitrogens is 4. The van der Waals surface area contributed by atoms with Crippen molar-refractivity contribution in [3.63, 3.8) is 0 Å². The third-order valence-electron chi connectivity index (χ3n) is 10.6. The molecule has 0 unspecified atom stereocenters. The lowest BCUT2D eigenvalue weighted by molar-refractivity contribution is 0.0349. The summed E-state index contributed by atoms with van der Waals surface area (Å²) in [5, 5.41) is 0. The van der Waals surface area contributed by atoms with Crippen LogP contribution in [0.1, 0.15) is 86.0 Å². The van der Waals surface area contributed by atoms with E-state index < -0.39 is 10.0 Å². The van der Waals surface area contributed by atoms with Crippen molar-refractivity contribution in [1.82, 2.24) is 24.8 Å². The van der Waals surface area contributed by atoms with E-state index >= 15 is 0 Å². The first-order chi connectivity index (χ1) is 24.0. The van der Waals surface area contributed by atoms with Gasteiger partial charge < -0.3 is 14.5 Å². The quantitative estimate of drug-likeness (QED) is 0.234. The van der Waals surface area contributed by atoms with Gasteiger partial charge in [0.25, 0.3) is 15.9 Å². The van der Waals surface area contributed by atoms with Crippen molar-refractivity contribution in [1.29, 1.82) is 0 Å². The molecule has 0 spiro atoms. The predicted molar refractivity (Wildman–Crippen MR) is 193 cm³/mol. The maximum atomic E-state index is 14.6. The highest BCUT2D eigenvalue weighted by Gasteiger charge is 2.38. The van der Waals surface area contributed by atoms with Gasteiger partial charge in [0.15, 0.2) is 0 Å². The fourth-order valence-electron chi connectivity index (χ4n) is 7.62. The standard InChI is InChI=1S/C38H45N7O4S/c1-25-10-7-11-26(2)35(25)32-19-34-42-37(41-32)43-50(47,48)31-14-8-13-28(18-31)36(46)45(30(24-49-34)20-38(4)15-9-16-38)23-29-21-39-22-33(40-29)44-17-6-5-12-27(44)3/h7-8,10-11,13-14,18-19,21-22,27,30H,5-6,9,12,15-17,20,23-24H2,1-4H3,(H,41,42,43)/t27-,30-/m1/s1. The minimum absolute atomic E-state index is 0.0320. The lowest BCUT2D eigenvalue weighted by atomic mass is 9.67. The van der Waals surface area contributed by atoms with Crippen LogP contribution in [-0.2, 0) is 16.6 Å². The summed E-state index contributed by atoms with van der Waals surface area (Å²) in [5.41, 5.74) is 4.35. The second kappa shape index (κ2) is 13.6. The molecule has 2 atom stereocenters. The SMILES string of the molecule is Cc1cccc(C)c1-c1cc2nc(n1)NS(=O)(=O)c1cccc(c1)C(=O)N(Cc1cncc(N3CCCC[C@H]3C)n1)[C@H](CC1(C)CCC1)CO2. The first-order valence-electron chi connectivity index (χ1n) is 17.6. The number of nitrogens with one attached hydrogen (secondary N) is 1. The first-order valence-corrected chi connectivity index (χ1v) is 19.1. The molecule has 1 amide bonds. The Labute approximate surface area is 294 Å². The van der Waals surface area contributed by atoms with Gasteiger partial charge in [0.05, 0.1) is 41.3 Å². The van der Waals surface area contributed by atoms with Gasteiger partial charge in [0, 0.05) is 29.8 Å². The molecule has 2 fully saturated rings. The lowest BCUT2D eigenvalue weighted by Crippen LogP contribution is -2.47. The van der Waals surface area contributed by atoms with Crippen molar-refractivity contribution in [2.24, 2.45) is 5.41 Å². The molecule has 7 rings (SSSR count). The number of aryl methyl sites for hydroxylation is 2. The topological polar surface area (TPSA) is 131 Å². The Hall–Kier alpha value is -4.58. The Bertz CT molecular complexity index is 2000. The van der Waals surface area contributed by atoms with E-state index in [2.05, 4.69) is 38.4 Å². The van der Waals surface area contributed by atoms with E-state index in [9.17, 15) is 13.2 Å². The van der Waals surface area contributed by atoms with Crippen molar-refractivity contribution < 1.29 is 17.9 Å². The normalized spacial score (nSPS) is 21.5. The molecule has 1 saturated heterocycles. The summed E-state index contributed by atoms with van der Waals surface area (Å²) in [7, 11) is -4.17. The molecule has 4 heterocycles. The largest absolute Gasteiger partial charge is 0.475 e. The number of anilines is 2. The molecule has 2 aliphatic heterocycles. The van der Waals surface area contributed by atoms with Crippen molar-refractivity contribution >= 4 is 27.7 Å². The highest BCUT2D eigenvalue weighted by atomic mass is 32.2. The van der Waals surface area contributed by atoms with E-state index in [1.165, 1.54) is 18.6 Å². The zero-order valence-corrected chi connectivity index (χ0v) is 30.0. The highest BCUT2D eigenvalue weighted by molar-refractivity contribution is 7.92. The summed E-state index contributed by atoms with van der Waals surface area (Å²) in [6, 6.07) is 13.8. The summed E-state index contributed by atoms with van der Waals surface area (Å²) in [5.74, 6) is 0.622. The van der Waals surface area contributed by atoms with Gasteiger partial charge in [-0.05, 0) is 94.0 Å². The second-order valence-electron chi connectivity index (χ2n) is 14.5. The van der Waals surface area contributed by atoms with Gasteiger partial charge in [0.1, 0.15) is 12.4 Å². The number of carbonyl (C=O) groups excluding carboxylic acids is 1. The number of carbonyl (C=O) groups is 1. The number of fused-ring (bicyclic) bond motifs is 4. The molecule has 11 nitrogen and oxygen atoms in total. The third kappa shape index (κ3) is 7.03. The number of nitrogens with zero attached hydrogens (tertiary/aromatic N) is 6. The number of sulfonamides is 1. The molecule has 50 heavy (non-hydrogen) atoms. The van der Waals surface area contributed by atoms with Crippen LogP contribution in [0.2, 0.25) is 0 Å². The van der Waals surface area contributed by atoms with E-state index in [-0.39, 0.29) is 52.8 Å². The minimum atomic E-state index is -4.17. The van der Waals surface area contributed by atoms with E-state index in [1.807, 2.05) is 32.0 Å². The van der Waals surface area contributed by atoms with E-state index in [0.29, 0.717) is 23.9 Å². The van der Waals surface area contributed by atoms with Gasteiger partial charge in [-0.1, -0.05) is 37.6 Å². The van der Waals surface area contributed by atoms with Crippen LogP contribution < -0.4 is 14.4 Å². The molecule has 12 heteroatoms. The maximum absolute atomic E-state index is 14.6. The Balaban J connectivity index is 1.33. The van der Waals surface area contributed by atoms with Crippen LogP contribution in [0.25, 0.3) is 11.3 Å². The number of piperidine rings is 1. The van der Waals surface area contributed by atoms with Crippen LogP contribution in [0.5, 0.6) is 5.88 Å². The maximum Gasteiger partial charge on any atom is 0.264 e. The van der Waals surface area contributed by atoms with E-state index in [4.69, 9.17) is 9.72 Å². The average molecular weight is 696 g/mol. The summed E-state index contributed by atoms with van der Waals surface area (Å²) in [6.07, 6.45) is 10.9. The van der Waals surface area contributed by atoms with Crippen molar-refractivity contribution in [3.8, 4) is 17.1 Å². The average Bonchev–Trinajstić information content (AvgIpc) is 3.08. The van der Waals surface area contributed by atoms with Gasteiger partial charge in [0.2, 0.25) is 11.8 Å². The molecular formula is C38H45N7O4S. The lowest BCUT2D eigenvalue weighted by Gasteiger charge is -2.43. The Morgan fingerprint density at radius 3 is 2.50 bits per heavy atom. The Morgan fingerprint density at radius 2 is 1.76 bits per heavy atom. The molecule has 0 radical (unpaired) electrons. The summed E-state index contributed by atoms with van der Waals surface area (Å²) >= 11 is 0. The van der Waals surface area contributed by atoms with Crippen LogP contribution in [0.4, 0.5) is 11.8 Å². The number of rotatable bonds is 6. The summed E-state index contributed by atoms with van der Waals surface area (Å²) in [6.45, 7) is 9.70. The molecule has 4 bridgehead atoms. The number of amides is 1. The fourth-order valence-corrected chi connectivity index (χ4v) is 8.60. The third-order valence-corrected chi connectivity index (χ3v) is 11.9. The van der Waals surface area contributed by atoms with Crippen LogP contribution in [-0.4, -0.2) is 64.4 Å². The molecule has 1 aliphatic carbocycles. The van der Waals surface area contributed by atoms with Gasteiger partial charge in [-0.2, -0.15) is 4.98 Å². The minimum Gasteiger partial charge on any atom is -0.475 e. The molecule has 4 aromatic rings. The monoisotopic (exact) mass is 695 g/mol. The first kappa shape index (κ1) is 33.9. The number of ether oxygens (including phenoxy) is 1. The second-order valence-corrected chi connectivity index (χ2v) is 16.2. The van der Waals surface area contributed by atoms with Crippen LogP contribution >= 0.6 is 0 Å². The highest BCUT2D eigenvalue weighted by Crippen LogP contribution is 2.45. The van der Waals surface area contributed by atoms with Crippen molar-refractivity contribution in [2.45, 2.75) is 96.2 Å². The van der Waals surface area contributed by atoms with Crippen molar-refractivity contribution in [3.05, 3.63) is 83.3 Å². The van der Waals surface area contributed by atoms with Gasteiger partial charge in [-0.15, -0.1) is 0 Å². The van der Waals surface area contributed by atoms with E-state index in [1.54, 1.807) is 35.5 Å². The number of benzene rings is 2. The number of hydrogen-bond acceptors (Lipinski definition) is 9. The fraction of sp³-hybridized carbons (Fsp3) is 0.447. The molecule has 2 aromatic heterocycles. The molecule has 1 N–H and O–H groups in total. The smallest absolute Gasteiger partial charge is 0.264 e. The zero-order chi connectivity index (χ0) is 35.0. The Kier molecular flexibility index (Phi) is 9.23. The zero-order valence-electron chi connectivity index (χ0n) is 29.2. The van der Waals surface area contributed by atoms with Gasteiger partial charge in [-0.3, -0.25) is 9.78 Å². The molecule has 2 aromatic carbocycles. The predicted octanol–water partition coefficient (Wildman–Crippen LogP) is 6.71.